The van der Waals surface area contributed by atoms with Gasteiger partial charge < -0.3 is 5.32 Å². The zero-order valence-corrected chi connectivity index (χ0v) is 16.0. The van der Waals surface area contributed by atoms with Gasteiger partial charge in [0.25, 0.3) is 5.91 Å². The highest BCUT2D eigenvalue weighted by atomic mass is 35.5. The molecule has 0 aromatic heterocycles. The van der Waals surface area contributed by atoms with Crippen molar-refractivity contribution in [1.82, 2.24) is 5.32 Å². The number of carbonyl (C=O) groups is 1. The molecule has 0 spiro atoms. The maximum absolute atomic E-state index is 12.5. The molecule has 0 aliphatic rings. The van der Waals surface area contributed by atoms with E-state index in [4.69, 9.17) is 11.6 Å². The van der Waals surface area contributed by atoms with Crippen LogP contribution in [0.25, 0.3) is 0 Å². The minimum Gasteiger partial charge on any atom is -0.349 e. The van der Waals surface area contributed by atoms with Crippen LogP contribution in [0.5, 0.6) is 0 Å². The molecule has 0 aliphatic heterocycles. The monoisotopic (exact) mass is 360 g/mol. The number of benzene rings is 1. The maximum Gasteiger partial charge on any atom is 0.253 e. The third kappa shape index (κ3) is 5.11. The van der Waals surface area contributed by atoms with Gasteiger partial charge in [0.05, 0.1) is 22.5 Å². The normalized spacial score (nSPS) is 12.1. The van der Waals surface area contributed by atoms with E-state index in [9.17, 15) is 13.2 Å². The molecule has 1 aromatic rings. The highest BCUT2D eigenvalue weighted by Gasteiger charge is 2.22. The maximum atomic E-state index is 12.5. The highest BCUT2D eigenvalue weighted by Crippen LogP contribution is 2.24. The fourth-order valence-corrected chi connectivity index (χ4v) is 3.11. The van der Waals surface area contributed by atoms with Gasteiger partial charge in [0.1, 0.15) is 0 Å². The number of nitrogens with zero attached hydrogens (tertiary/aromatic N) is 1. The predicted octanol–water partition coefficient (Wildman–Crippen LogP) is 3.15. The summed E-state index contributed by atoms with van der Waals surface area (Å²) in [5, 5.41) is 3.28. The van der Waals surface area contributed by atoms with E-state index in [2.05, 4.69) is 5.32 Å². The number of halogens is 1. The Morgan fingerprint density at radius 1 is 1.17 bits per heavy atom. The number of sulfonamides is 1. The predicted molar refractivity (Wildman–Crippen MR) is 95.6 cm³/mol. The van der Waals surface area contributed by atoms with Gasteiger partial charge in [-0.15, -0.1) is 0 Å². The fourth-order valence-electron chi connectivity index (χ4n) is 2.41. The lowest BCUT2D eigenvalue weighted by Crippen LogP contribution is -2.42. The number of hydrogen-bond acceptors (Lipinski definition) is 3. The van der Waals surface area contributed by atoms with E-state index in [0.717, 1.165) is 10.6 Å². The van der Waals surface area contributed by atoms with Gasteiger partial charge in [-0.2, -0.15) is 0 Å². The Bertz CT molecular complexity index is 664. The van der Waals surface area contributed by atoms with E-state index in [0.29, 0.717) is 10.7 Å². The number of anilines is 1. The van der Waals surface area contributed by atoms with E-state index in [1.165, 1.54) is 19.2 Å². The molecule has 0 unspecified atom stereocenters. The lowest BCUT2D eigenvalue weighted by Gasteiger charge is -2.26. The van der Waals surface area contributed by atoms with Crippen LogP contribution in [0.2, 0.25) is 5.02 Å². The molecule has 23 heavy (non-hydrogen) atoms. The van der Waals surface area contributed by atoms with Crippen molar-refractivity contribution in [3.63, 3.8) is 0 Å². The Morgan fingerprint density at radius 2 is 1.70 bits per heavy atom. The number of carbonyl (C=O) groups excluding carboxylic acids is 1. The number of nitrogens with one attached hydrogen (secondary N) is 1. The molecule has 1 aromatic carbocycles. The molecule has 0 saturated carbocycles. The van der Waals surface area contributed by atoms with E-state index < -0.39 is 10.0 Å². The molecule has 130 valence electrons. The van der Waals surface area contributed by atoms with Crippen LogP contribution in [-0.2, 0) is 10.0 Å². The van der Waals surface area contributed by atoms with Crippen molar-refractivity contribution in [3.8, 4) is 0 Å². The summed E-state index contributed by atoms with van der Waals surface area (Å²) >= 11 is 6.12. The van der Waals surface area contributed by atoms with Crippen LogP contribution < -0.4 is 9.62 Å². The minimum absolute atomic E-state index is 0.00913. The van der Waals surface area contributed by atoms with Crippen molar-refractivity contribution >= 4 is 33.2 Å². The number of amides is 1. The van der Waals surface area contributed by atoms with Gasteiger partial charge in [-0.3, -0.25) is 9.10 Å². The summed E-state index contributed by atoms with van der Waals surface area (Å²) in [6.07, 6.45) is 1.11. The first-order chi connectivity index (χ1) is 10.4. The Kier molecular flexibility index (Phi) is 6.48. The van der Waals surface area contributed by atoms with Crippen molar-refractivity contribution in [2.75, 3.05) is 17.6 Å². The highest BCUT2D eigenvalue weighted by molar-refractivity contribution is 7.92. The van der Waals surface area contributed by atoms with Crippen molar-refractivity contribution < 1.29 is 13.2 Å². The molecular formula is C16H25ClN2O3S. The quantitative estimate of drug-likeness (QED) is 0.847. The lowest BCUT2D eigenvalue weighted by atomic mass is 9.93. The van der Waals surface area contributed by atoms with Crippen molar-refractivity contribution in [3.05, 3.63) is 28.8 Å². The second kappa shape index (κ2) is 7.53. The molecule has 0 heterocycles. The van der Waals surface area contributed by atoms with Crippen molar-refractivity contribution in [2.24, 2.45) is 11.8 Å². The zero-order valence-electron chi connectivity index (χ0n) is 14.4. The van der Waals surface area contributed by atoms with Gasteiger partial charge in [-0.25, -0.2) is 8.42 Å². The lowest BCUT2D eigenvalue weighted by molar-refractivity contribution is 0.0910. The van der Waals surface area contributed by atoms with Crippen LogP contribution >= 0.6 is 11.6 Å². The second-order valence-electron chi connectivity index (χ2n) is 6.38. The first kappa shape index (κ1) is 19.8. The SMILES string of the molecule is CC(C)C(NC(=O)c1cc(N(C)S(C)(=O)=O)ccc1Cl)C(C)C. The third-order valence-electron chi connectivity index (χ3n) is 3.79. The van der Waals surface area contributed by atoms with Crippen LogP contribution in [0.15, 0.2) is 18.2 Å². The summed E-state index contributed by atoms with van der Waals surface area (Å²) in [5.41, 5.74) is 0.665. The summed E-state index contributed by atoms with van der Waals surface area (Å²) < 4.78 is 24.4. The molecule has 1 rings (SSSR count). The van der Waals surface area contributed by atoms with Gasteiger partial charge in [0, 0.05) is 13.1 Å². The molecule has 0 atom stereocenters. The molecule has 0 bridgehead atoms. The van der Waals surface area contributed by atoms with Crippen LogP contribution in [0.4, 0.5) is 5.69 Å². The fraction of sp³-hybridized carbons (Fsp3) is 0.562. The standard InChI is InChI=1S/C16H25ClN2O3S/c1-10(2)15(11(3)4)18-16(20)13-9-12(7-8-14(13)17)19(5)23(6,21)22/h7-11,15H,1-6H3,(H,18,20). The molecule has 1 N–H and O–H groups in total. The Labute approximate surface area is 144 Å². The summed E-state index contributed by atoms with van der Waals surface area (Å²) in [6.45, 7) is 8.17. The van der Waals surface area contributed by atoms with E-state index >= 15 is 0 Å². The zero-order chi connectivity index (χ0) is 17.9. The summed E-state index contributed by atoms with van der Waals surface area (Å²) in [7, 11) is -1.97. The van der Waals surface area contributed by atoms with Crippen LogP contribution in [0.3, 0.4) is 0 Å². The van der Waals surface area contributed by atoms with Gasteiger partial charge in [0.2, 0.25) is 10.0 Å². The van der Waals surface area contributed by atoms with Crippen LogP contribution in [-0.4, -0.2) is 33.7 Å². The Balaban J connectivity index is 3.15. The van der Waals surface area contributed by atoms with E-state index in [1.807, 2.05) is 27.7 Å². The van der Waals surface area contributed by atoms with Gasteiger partial charge in [0.15, 0.2) is 0 Å². The van der Waals surface area contributed by atoms with E-state index in [-0.39, 0.29) is 29.3 Å². The van der Waals surface area contributed by atoms with Crippen molar-refractivity contribution in [2.45, 2.75) is 33.7 Å². The molecule has 1 amide bonds. The molecular weight excluding hydrogens is 336 g/mol. The first-order valence-electron chi connectivity index (χ1n) is 7.49. The average molecular weight is 361 g/mol. The first-order valence-corrected chi connectivity index (χ1v) is 9.72. The third-order valence-corrected chi connectivity index (χ3v) is 5.33. The molecule has 5 nitrogen and oxygen atoms in total. The molecule has 0 aliphatic carbocycles. The number of hydrogen-bond donors (Lipinski definition) is 1. The summed E-state index contributed by atoms with van der Waals surface area (Å²) in [6, 6.07) is 4.61. The summed E-state index contributed by atoms with van der Waals surface area (Å²) in [4.78, 5) is 12.5. The van der Waals surface area contributed by atoms with Gasteiger partial charge in [-0.05, 0) is 30.0 Å². The minimum atomic E-state index is -3.40. The van der Waals surface area contributed by atoms with Crippen molar-refractivity contribution in [1.29, 1.82) is 0 Å². The van der Waals surface area contributed by atoms with Crippen LogP contribution in [0.1, 0.15) is 38.1 Å². The molecule has 0 fully saturated rings. The average Bonchev–Trinajstić information content (AvgIpc) is 2.42. The Hall–Kier alpha value is -1.27. The molecule has 7 heteroatoms. The smallest absolute Gasteiger partial charge is 0.253 e. The van der Waals surface area contributed by atoms with Gasteiger partial charge in [-0.1, -0.05) is 39.3 Å². The van der Waals surface area contributed by atoms with E-state index in [1.54, 1.807) is 6.07 Å². The van der Waals surface area contributed by atoms with Gasteiger partial charge >= 0.3 is 0 Å². The summed E-state index contributed by atoms with van der Waals surface area (Å²) in [5.74, 6) is 0.255. The number of rotatable bonds is 6. The molecule has 0 saturated heterocycles. The molecule has 0 radical (unpaired) electrons. The second-order valence-corrected chi connectivity index (χ2v) is 8.80. The topological polar surface area (TPSA) is 66.5 Å². The largest absolute Gasteiger partial charge is 0.349 e. The Morgan fingerprint density at radius 3 is 2.13 bits per heavy atom. The van der Waals surface area contributed by atoms with Crippen LogP contribution in [0, 0.1) is 11.8 Å².